The molecule has 1 aliphatic carbocycles. The normalized spacial score (nSPS) is 24.0. The number of amides is 2. The molecule has 140 valence electrons. The summed E-state index contributed by atoms with van der Waals surface area (Å²) in [6.45, 7) is 3.24. The average Bonchev–Trinajstić information content (AvgIpc) is 3.39. The van der Waals surface area contributed by atoms with Crippen molar-refractivity contribution >= 4 is 17.8 Å². The number of likely N-dealkylation sites (tertiary alicyclic amines) is 1. The molecule has 1 saturated heterocycles. The first-order valence-corrected chi connectivity index (χ1v) is 9.28. The molecule has 2 fully saturated rings. The van der Waals surface area contributed by atoms with Gasteiger partial charge >= 0.3 is 5.97 Å². The fourth-order valence-electron chi connectivity index (χ4n) is 3.79. The van der Waals surface area contributed by atoms with E-state index in [-0.39, 0.29) is 24.2 Å². The number of hydrogen-bond donors (Lipinski definition) is 2. The van der Waals surface area contributed by atoms with Crippen molar-refractivity contribution in [3.8, 4) is 0 Å². The van der Waals surface area contributed by atoms with Gasteiger partial charge in [0.25, 0.3) is 0 Å². The van der Waals surface area contributed by atoms with Crippen molar-refractivity contribution in [2.45, 2.75) is 38.0 Å². The molecule has 0 radical (unpaired) electrons. The van der Waals surface area contributed by atoms with Crippen LogP contribution in [0.1, 0.15) is 38.2 Å². The van der Waals surface area contributed by atoms with E-state index in [0.29, 0.717) is 38.4 Å². The second-order valence-electron chi connectivity index (χ2n) is 7.49. The molecule has 1 heterocycles. The Morgan fingerprint density at radius 2 is 1.81 bits per heavy atom. The molecule has 3 rings (SSSR count). The minimum Gasteiger partial charge on any atom is -0.481 e. The summed E-state index contributed by atoms with van der Waals surface area (Å²) in [6.07, 6.45) is 2.01. The highest BCUT2D eigenvalue weighted by Crippen LogP contribution is 2.38. The third-order valence-electron chi connectivity index (χ3n) is 5.79. The molecule has 6 heteroatoms. The van der Waals surface area contributed by atoms with Crippen LogP contribution in [0.3, 0.4) is 0 Å². The van der Waals surface area contributed by atoms with Crippen LogP contribution in [0, 0.1) is 11.8 Å². The summed E-state index contributed by atoms with van der Waals surface area (Å²) >= 11 is 0. The van der Waals surface area contributed by atoms with Crippen LogP contribution in [0.2, 0.25) is 0 Å². The van der Waals surface area contributed by atoms with Gasteiger partial charge in [-0.15, -0.1) is 0 Å². The Balaban J connectivity index is 1.51. The molecule has 0 spiro atoms. The van der Waals surface area contributed by atoms with Crippen molar-refractivity contribution in [3.05, 3.63) is 35.9 Å². The standard InChI is InChI=1S/C20H26N2O4/c1-14-13-16(14)18(24)21-10-7-17(23)22-11-8-20(9-12-22,19(25)26)15-5-3-2-4-6-15/h2-6,14,16H,7-13H2,1H3,(H,21,24)(H,25,26)/t14-,16-/m1/s1. The van der Waals surface area contributed by atoms with Crippen LogP contribution in [0.15, 0.2) is 30.3 Å². The number of rotatable bonds is 6. The van der Waals surface area contributed by atoms with Crippen LogP contribution in [-0.2, 0) is 19.8 Å². The molecule has 1 saturated carbocycles. The molecule has 2 N–H and O–H groups in total. The number of benzene rings is 1. The van der Waals surface area contributed by atoms with Gasteiger partial charge in [-0.05, 0) is 30.7 Å². The number of carboxylic acid groups (broad SMARTS) is 1. The molecule has 2 amide bonds. The summed E-state index contributed by atoms with van der Waals surface area (Å²) in [5, 5.41) is 12.6. The van der Waals surface area contributed by atoms with Gasteiger partial charge in [0.05, 0.1) is 5.41 Å². The van der Waals surface area contributed by atoms with Crippen LogP contribution in [-0.4, -0.2) is 47.4 Å². The van der Waals surface area contributed by atoms with Crippen molar-refractivity contribution in [2.75, 3.05) is 19.6 Å². The summed E-state index contributed by atoms with van der Waals surface area (Å²) in [6, 6.07) is 9.26. The first-order valence-electron chi connectivity index (χ1n) is 9.28. The van der Waals surface area contributed by atoms with E-state index in [9.17, 15) is 19.5 Å². The van der Waals surface area contributed by atoms with E-state index >= 15 is 0 Å². The zero-order chi connectivity index (χ0) is 18.7. The maximum Gasteiger partial charge on any atom is 0.314 e. The van der Waals surface area contributed by atoms with Crippen LogP contribution in [0.4, 0.5) is 0 Å². The van der Waals surface area contributed by atoms with E-state index in [1.54, 1.807) is 4.90 Å². The Hall–Kier alpha value is -2.37. The van der Waals surface area contributed by atoms with Gasteiger partial charge in [0.1, 0.15) is 0 Å². The van der Waals surface area contributed by atoms with Crippen molar-refractivity contribution in [3.63, 3.8) is 0 Å². The van der Waals surface area contributed by atoms with Gasteiger partial charge in [0.15, 0.2) is 0 Å². The minimum absolute atomic E-state index is 0.0267. The smallest absolute Gasteiger partial charge is 0.314 e. The SMILES string of the molecule is C[C@@H]1C[C@H]1C(=O)NCCC(=O)N1CCC(C(=O)O)(c2ccccc2)CC1. The Morgan fingerprint density at radius 3 is 2.35 bits per heavy atom. The number of hydrogen-bond acceptors (Lipinski definition) is 3. The molecule has 26 heavy (non-hydrogen) atoms. The molecular formula is C20H26N2O4. The highest BCUT2D eigenvalue weighted by molar-refractivity contribution is 5.84. The maximum atomic E-state index is 12.4. The molecule has 1 aromatic carbocycles. The Labute approximate surface area is 153 Å². The van der Waals surface area contributed by atoms with E-state index in [1.807, 2.05) is 37.3 Å². The predicted octanol–water partition coefficient (Wildman–Crippen LogP) is 1.79. The zero-order valence-corrected chi connectivity index (χ0v) is 15.1. The summed E-state index contributed by atoms with van der Waals surface area (Å²) in [5.74, 6) is -0.252. The fourth-order valence-corrected chi connectivity index (χ4v) is 3.79. The van der Waals surface area contributed by atoms with Crippen LogP contribution in [0.25, 0.3) is 0 Å². The van der Waals surface area contributed by atoms with Crippen molar-refractivity contribution in [2.24, 2.45) is 11.8 Å². The van der Waals surface area contributed by atoms with Crippen molar-refractivity contribution < 1.29 is 19.5 Å². The zero-order valence-electron chi connectivity index (χ0n) is 15.1. The van der Waals surface area contributed by atoms with Crippen LogP contribution in [0.5, 0.6) is 0 Å². The van der Waals surface area contributed by atoms with Gasteiger partial charge in [0.2, 0.25) is 11.8 Å². The van der Waals surface area contributed by atoms with Crippen molar-refractivity contribution in [1.29, 1.82) is 0 Å². The summed E-state index contributed by atoms with van der Waals surface area (Å²) < 4.78 is 0. The van der Waals surface area contributed by atoms with Gasteiger partial charge in [-0.25, -0.2) is 0 Å². The topological polar surface area (TPSA) is 86.7 Å². The highest BCUT2D eigenvalue weighted by atomic mass is 16.4. The minimum atomic E-state index is -0.922. The number of carboxylic acids is 1. The van der Waals surface area contributed by atoms with Gasteiger partial charge < -0.3 is 15.3 Å². The van der Waals surface area contributed by atoms with E-state index in [1.165, 1.54) is 0 Å². The molecule has 0 unspecified atom stereocenters. The van der Waals surface area contributed by atoms with Gasteiger partial charge in [-0.2, -0.15) is 0 Å². The molecule has 1 aromatic rings. The van der Waals surface area contributed by atoms with E-state index in [2.05, 4.69) is 5.32 Å². The number of carbonyl (C=O) groups is 3. The quantitative estimate of drug-likeness (QED) is 0.812. The summed E-state index contributed by atoms with van der Waals surface area (Å²) in [4.78, 5) is 37.8. The van der Waals surface area contributed by atoms with Gasteiger partial charge in [-0.1, -0.05) is 37.3 Å². The second kappa shape index (κ2) is 7.48. The first kappa shape index (κ1) is 18.4. The average molecular weight is 358 g/mol. The van der Waals surface area contributed by atoms with Crippen LogP contribution < -0.4 is 5.32 Å². The number of piperidine rings is 1. The molecule has 6 nitrogen and oxygen atoms in total. The Bertz CT molecular complexity index is 680. The lowest BCUT2D eigenvalue weighted by atomic mass is 9.73. The predicted molar refractivity (Wildman–Crippen MR) is 96.5 cm³/mol. The maximum absolute atomic E-state index is 12.4. The highest BCUT2D eigenvalue weighted by Gasteiger charge is 2.43. The van der Waals surface area contributed by atoms with E-state index in [0.717, 1.165) is 12.0 Å². The molecule has 1 aliphatic heterocycles. The third-order valence-corrected chi connectivity index (χ3v) is 5.79. The number of nitrogens with one attached hydrogen (secondary N) is 1. The lowest BCUT2D eigenvalue weighted by Gasteiger charge is -2.39. The number of aliphatic carboxylic acids is 1. The molecule has 2 atom stereocenters. The lowest BCUT2D eigenvalue weighted by molar-refractivity contribution is -0.148. The number of nitrogens with zero attached hydrogens (tertiary/aromatic N) is 1. The Morgan fingerprint density at radius 1 is 1.19 bits per heavy atom. The third kappa shape index (κ3) is 3.74. The fraction of sp³-hybridized carbons (Fsp3) is 0.550. The largest absolute Gasteiger partial charge is 0.481 e. The summed E-state index contributed by atoms with van der Waals surface area (Å²) in [5.41, 5.74) is -0.126. The lowest BCUT2D eigenvalue weighted by Crippen LogP contribution is -2.49. The summed E-state index contributed by atoms with van der Waals surface area (Å²) in [7, 11) is 0. The first-order chi connectivity index (χ1) is 12.4. The van der Waals surface area contributed by atoms with Gasteiger partial charge in [-0.3, -0.25) is 14.4 Å². The number of carbonyl (C=O) groups excluding carboxylic acids is 2. The van der Waals surface area contributed by atoms with E-state index in [4.69, 9.17) is 0 Å². The molecular weight excluding hydrogens is 332 g/mol. The molecule has 0 bridgehead atoms. The Kier molecular flexibility index (Phi) is 5.30. The second-order valence-corrected chi connectivity index (χ2v) is 7.49. The van der Waals surface area contributed by atoms with Crippen LogP contribution >= 0.6 is 0 Å². The monoisotopic (exact) mass is 358 g/mol. The molecule has 0 aromatic heterocycles. The van der Waals surface area contributed by atoms with Gasteiger partial charge in [0, 0.05) is 32.0 Å². The molecule has 2 aliphatic rings. The van der Waals surface area contributed by atoms with E-state index < -0.39 is 11.4 Å². The van der Waals surface area contributed by atoms with Crippen molar-refractivity contribution in [1.82, 2.24) is 10.2 Å².